The number of aryl methyl sites for hydroxylation is 1. The van der Waals surface area contributed by atoms with Crippen LogP contribution in [0.1, 0.15) is 46.1 Å². The van der Waals surface area contributed by atoms with Crippen LogP contribution in [-0.4, -0.2) is 56.2 Å². The molecular weight excluding hydrogens is 408 g/mol. The average Bonchev–Trinajstić information content (AvgIpc) is 3.10. The predicted molar refractivity (Wildman–Crippen MR) is 129 cm³/mol. The van der Waals surface area contributed by atoms with Crippen molar-refractivity contribution in [2.24, 2.45) is 7.05 Å². The first-order valence-corrected chi connectivity index (χ1v) is 11.3. The van der Waals surface area contributed by atoms with E-state index in [0.29, 0.717) is 21.5 Å². The van der Waals surface area contributed by atoms with Crippen LogP contribution in [0.3, 0.4) is 0 Å². The molecule has 0 spiro atoms. The second-order valence-electron chi connectivity index (χ2n) is 9.62. The third-order valence-electron chi connectivity index (χ3n) is 5.72. The molecule has 2 aromatic rings. The van der Waals surface area contributed by atoms with Crippen LogP contribution in [0.4, 0.5) is 0 Å². The van der Waals surface area contributed by atoms with Gasteiger partial charge in [-0.2, -0.15) is 5.10 Å². The highest BCUT2D eigenvalue weighted by molar-refractivity contribution is 8.26. The highest BCUT2D eigenvalue weighted by atomic mass is 32.2. The first-order chi connectivity index (χ1) is 14.4. The lowest BCUT2D eigenvalue weighted by molar-refractivity contribution is 0.114. The summed E-state index contributed by atoms with van der Waals surface area (Å²) in [6.07, 6.45) is 5.65. The standard InChI is InChI=1S/C23H34N6OS/c1-22(2)11-17(12-23(3,4)27-22)29(6)21(25)31-20(24)18-9-8-15(10-19(18)30-7)16-13-26-28(5)14-16/h8-10,13-14,17,24-25,27H,11-12H2,1-7H3. The van der Waals surface area contributed by atoms with E-state index in [1.54, 1.807) is 18.0 Å². The summed E-state index contributed by atoms with van der Waals surface area (Å²) in [5.41, 5.74) is 2.67. The maximum atomic E-state index is 8.65. The highest BCUT2D eigenvalue weighted by Crippen LogP contribution is 2.34. The fourth-order valence-corrected chi connectivity index (χ4v) is 5.33. The van der Waals surface area contributed by atoms with Gasteiger partial charge in [0.05, 0.1) is 13.3 Å². The molecule has 0 aliphatic carbocycles. The molecule has 8 heteroatoms. The maximum absolute atomic E-state index is 8.65. The molecule has 3 rings (SSSR count). The van der Waals surface area contributed by atoms with Crippen molar-refractivity contribution in [3.8, 4) is 16.9 Å². The van der Waals surface area contributed by atoms with Crippen molar-refractivity contribution in [2.75, 3.05) is 14.2 Å². The lowest BCUT2D eigenvalue weighted by atomic mass is 9.79. The fraction of sp³-hybridized carbons (Fsp3) is 0.522. The number of nitrogens with one attached hydrogen (secondary N) is 3. The van der Waals surface area contributed by atoms with Crippen molar-refractivity contribution in [3.63, 3.8) is 0 Å². The Bertz CT molecular complexity index is 964. The number of hydrogen-bond acceptors (Lipinski definition) is 6. The molecule has 7 nitrogen and oxygen atoms in total. The Hall–Kier alpha value is -2.32. The Kier molecular flexibility index (Phi) is 6.53. The van der Waals surface area contributed by atoms with Gasteiger partial charge in [0.1, 0.15) is 10.8 Å². The Morgan fingerprint density at radius 1 is 1.19 bits per heavy atom. The molecule has 0 bridgehead atoms. The van der Waals surface area contributed by atoms with Crippen LogP contribution in [0.5, 0.6) is 5.75 Å². The van der Waals surface area contributed by atoms with Crippen molar-refractivity contribution in [1.29, 1.82) is 10.8 Å². The number of hydrogen-bond donors (Lipinski definition) is 3. The average molecular weight is 443 g/mol. The van der Waals surface area contributed by atoms with Crippen LogP contribution < -0.4 is 10.1 Å². The molecule has 1 aromatic carbocycles. The maximum Gasteiger partial charge on any atom is 0.162 e. The van der Waals surface area contributed by atoms with E-state index in [9.17, 15) is 0 Å². The zero-order chi connectivity index (χ0) is 23.0. The summed E-state index contributed by atoms with van der Waals surface area (Å²) < 4.78 is 7.33. The van der Waals surface area contributed by atoms with Crippen LogP contribution >= 0.6 is 11.8 Å². The monoisotopic (exact) mass is 442 g/mol. The van der Waals surface area contributed by atoms with Gasteiger partial charge in [-0.3, -0.25) is 15.5 Å². The van der Waals surface area contributed by atoms with Crippen molar-refractivity contribution >= 4 is 22.0 Å². The van der Waals surface area contributed by atoms with E-state index in [2.05, 4.69) is 38.1 Å². The summed E-state index contributed by atoms with van der Waals surface area (Å²) in [4.78, 5) is 2.01. The molecule has 1 aliphatic rings. The minimum Gasteiger partial charge on any atom is -0.496 e. The Balaban J connectivity index is 1.74. The van der Waals surface area contributed by atoms with Crippen molar-refractivity contribution in [2.45, 2.75) is 57.7 Å². The van der Waals surface area contributed by atoms with Crippen molar-refractivity contribution < 1.29 is 4.74 Å². The zero-order valence-corrected chi connectivity index (χ0v) is 20.4. The largest absolute Gasteiger partial charge is 0.496 e. The number of ether oxygens (including phenoxy) is 1. The van der Waals surface area contributed by atoms with E-state index in [-0.39, 0.29) is 17.1 Å². The summed E-state index contributed by atoms with van der Waals surface area (Å²) >= 11 is 1.17. The van der Waals surface area contributed by atoms with E-state index in [1.807, 2.05) is 43.4 Å². The van der Waals surface area contributed by atoms with E-state index in [1.165, 1.54) is 11.8 Å². The van der Waals surface area contributed by atoms with Gasteiger partial charge in [0.25, 0.3) is 0 Å². The molecule has 3 N–H and O–H groups in total. The number of piperidine rings is 1. The molecule has 0 atom stereocenters. The quantitative estimate of drug-likeness (QED) is 0.484. The Labute approximate surface area is 189 Å². The van der Waals surface area contributed by atoms with Crippen LogP contribution in [0.2, 0.25) is 0 Å². The molecule has 0 radical (unpaired) electrons. The highest BCUT2D eigenvalue weighted by Gasteiger charge is 2.39. The minimum absolute atomic E-state index is 0.00444. The summed E-state index contributed by atoms with van der Waals surface area (Å²) in [5, 5.41) is 25.9. The summed E-state index contributed by atoms with van der Waals surface area (Å²) in [6.45, 7) is 8.84. The molecule has 0 unspecified atom stereocenters. The first-order valence-electron chi connectivity index (χ1n) is 10.5. The van der Waals surface area contributed by atoms with Gasteiger partial charge >= 0.3 is 0 Å². The molecule has 168 valence electrons. The van der Waals surface area contributed by atoms with E-state index < -0.39 is 0 Å². The van der Waals surface area contributed by atoms with Gasteiger partial charge in [-0.05, 0) is 70.0 Å². The number of nitrogens with zero attached hydrogens (tertiary/aromatic N) is 3. The lowest BCUT2D eigenvalue weighted by Crippen LogP contribution is -2.62. The molecule has 2 heterocycles. The molecule has 1 aliphatic heterocycles. The van der Waals surface area contributed by atoms with Gasteiger partial charge in [0, 0.05) is 48.5 Å². The van der Waals surface area contributed by atoms with E-state index >= 15 is 0 Å². The molecule has 1 saturated heterocycles. The molecular formula is C23H34N6OS. The van der Waals surface area contributed by atoms with Crippen molar-refractivity contribution in [1.82, 2.24) is 20.0 Å². The zero-order valence-electron chi connectivity index (χ0n) is 19.5. The third-order valence-corrected chi connectivity index (χ3v) is 6.63. The Morgan fingerprint density at radius 2 is 1.84 bits per heavy atom. The van der Waals surface area contributed by atoms with Crippen LogP contribution in [-0.2, 0) is 7.05 Å². The van der Waals surface area contributed by atoms with Gasteiger partial charge in [0.15, 0.2) is 5.17 Å². The van der Waals surface area contributed by atoms with Crippen LogP contribution in [0.15, 0.2) is 30.6 Å². The number of aromatic nitrogens is 2. The topological polar surface area (TPSA) is 90.0 Å². The number of rotatable bonds is 4. The number of thioether (sulfide) groups is 1. The molecule has 0 amide bonds. The third kappa shape index (κ3) is 5.49. The Morgan fingerprint density at radius 3 is 2.39 bits per heavy atom. The molecule has 0 saturated carbocycles. The number of methoxy groups -OCH3 is 1. The molecule has 1 fully saturated rings. The molecule has 1 aromatic heterocycles. The second-order valence-corrected chi connectivity index (χ2v) is 10.6. The number of benzene rings is 1. The summed E-state index contributed by atoms with van der Waals surface area (Å²) in [5.74, 6) is 0.624. The summed E-state index contributed by atoms with van der Waals surface area (Å²) in [7, 11) is 5.46. The van der Waals surface area contributed by atoms with E-state index in [4.69, 9.17) is 15.6 Å². The van der Waals surface area contributed by atoms with Crippen LogP contribution in [0.25, 0.3) is 11.1 Å². The number of amidine groups is 1. The van der Waals surface area contributed by atoms with Gasteiger partial charge in [-0.15, -0.1) is 0 Å². The normalized spacial score (nSPS) is 17.9. The van der Waals surface area contributed by atoms with Crippen molar-refractivity contribution in [3.05, 3.63) is 36.2 Å². The minimum atomic E-state index is 0.00444. The van der Waals surface area contributed by atoms with Gasteiger partial charge in [0.2, 0.25) is 0 Å². The fourth-order valence-electron chi connectivity index (χ4n) is 4.56. The SMILES string of the molecule is COc1cc(-c2cnn(C)c2)ccc1C(=N)SC(=N)N(C)C1CC(C)(C)NC(C)(C)C1. The first kappa shape index (κ1) is 23.3. The lowest BCUT2D eigenvalue weighted by Gasteiger charge is -2.49. The van der Waals surface area contributed by atoms with Gasteiger partial charge in [-0.25, -0.2) is 0 Å². The van der Waals surface area contributed by atoms with Gasteiger partial charge in [-0.1, -0.05) is 6.07 Å². The smallest absolute Gasteiger partial charge is 0.162 e. The van der Waals surface area contributed by atoms with E-state index in [0.717, 1.165) is 24.0 Å². The van der Waals surface area contributed by atoms with Gasteiger partial charge < -0.3 is 15.0 Å². The van der Waals surface area contributed by atoms with Crippen LogP contribution in [0, 0.1) is 10.8 Å². The molecule has 31 heavy (non-hydrogen) atoms. The summed E-state index contributed by atoms with van der Waals surface area (Å²) in [6, 6.07) is 6.02. The second kappa shape index (κ2) is 8.67. The predicted octanol–water partition coefficient (Wildman–Crippen LogP) is 4.33.